The average molecular weight is 298 g/mol. The minimum Gasteiger partial charge on any atom is -0.298 e. The molecule has 0 aliphatic carbocycles. The summed E-state index contributed by atoms with van der Waals surface area (Å²) in [5.41, 5.74) is 3.25. The second-order valence-corrected chi connectivity index (χ2v) is 5.32. The highest BCUT2D eigenvalue weighted by molar-refractivity contribution is 7.14. The number of thiazole rings is 1. The maximum absolute atomic E-state index is 11.7. The van der Waals surface area contributed by atoms with Crippen LogP contribution in [0.2, 0.25) is 0 Å². The molecule has 108 valence electrons. The van der Waals surface area contributed by atoms with Crippen LogP contribution in [0.15, 0.2) is 53.9 Å². The lowest BCUT2D eigenvalue weighted by atomic mass is 10.1. The Balaban J connectivity index is 2.05. The lowest BCUT2D eigenvalue weighted by Crippen LogP contribution is -2.07. The quantitative estimate of drug-likeness (QED) is 0.655. The zero-order chi connectivity index (χ0) is 15.1. The van der Waals surface area contributed by atoms with Crippen molar-refractivity contribution in [2.45, 2.75) is 20.3 Å². The van der Waals surface area contributed by atoms with E-state index in [1.54, 1.807) is 6.08 Å². The number of aryl methyl sites for hydroxylation is 1. The largest absolute Gasteiger partial charge is 0.298 e. The fraction of sp³-hybridized carbons (Fsp3) is 0.176. The number of allylic oxidation sites excluding steroid dienone is 3. The smallest absolute Gasteiger partial charge is 0.250 e. The number of carbonyl (C=O) groups excluding carboxylic acids is 1. The summed E-state index contributed by atoms with van der Waals surface area (Å²) in [6.45, 7) is 4.03. The molecule has 1 aromatic carbocycles. The maximum atomic E-state index is 11.7. The fourth-order valence-corrected chi connectivity index (χ4v) is 2.50. The van der Waals surface area contributed by atoms with Gasteiger partial charge in [-0.15, -0.1) is 11.3 Å². The molecule has 0 bridgehead atoms. The number of benzene rings is 1. The first-order valence-electron chi connectivity index (χ1n) is 6.88. The number of hydrogen-bond donors (Lipinski definition) is 1. The molecule has 4 heteroatoms. The van der Waals surface area contributed by atoms with Gasteiger partial charge in [-0.05, 0) is 18.9 Å². The number of amides is 1. The third-order valence-corrected chi connectivity index (χ3v) is 3.70. The van der Waals surface area contributed by atoms with Crippen molar-refractivity contribution >= 4 is 22.4 Å². The summed E-state index contributed by atoms with van der Waals surface area (Å²) >= 11 is 1.43. The minimum absolute atomic E-state index is 0.171. The predicted octanol–water partition coefficient (Wildman–Crippen LogP) is 4.44. The molecule has 1 aromatic heterocycles. The van der Waals surface area contributed by atoms with Crippen molar-refractivity contribution in [3.8, 4) is 11.3 Å². The van der Waals surface area contributed by atoms with E-state index in [9.17, 15) is 4.79 Å². The zero-order valence-electron chi connectivity index (χ0n) is 12.2. The average Bonchev–Trinajstić information content (AvgIpc) is 2.96. The van der Waals surface area contributed by atoms with Crippen molar-refractivity contribution in [2.24, 2.45) is 0 Å². The predicted molar refractivity (Wildman–Crippen MR) is 89.5 cm³/mol. The first-order chi connectivity index (χ1) is 10.2. The van der Waals surface area contributed by atoms with Gasteiger partial charge in [-0.3, -0.25) is 10.1 Å². The molecule has 1 N–H and O–H groups in total. The van der Waals surface area contributed by atoms with Crippen molar-refractivity contribution in [3.63, 3.8) is 0 Å². The van der Waals surface area contributed by atoms with Gasteiger partial charge in [-0.2, -0.15) is 0 Å². The summed E-state index contributed by atoms with van der Waals surface area (Å²) in [6.07, 6.45) is 7.88. The number of carbonyl (C=O) groups is 1. The molecule has 0 unspecified atom stereocenters. The van der Waals surface area contributed by atoms with Gasteiger partial charge in [0.05, 0.1) is 5.69 Å². The van der Waals surface area contributed by atoms with Crippen LogP contribution in [0.25, 0.3) is 11.3 Å². The van der Waals surface area contributed by atoms with E-state index >= 15 is 0 Å². The van der Waals surface area contributed by atoms with Crippen LogP contribution in [0.1, 0.15) is 19.4 Å². The number of rotatable bonds is 5. The molecule has 0 radical (unpaired) electrons. The summed E-state index contributed by atoms with van der Waals surface area (Å²) in [6, 6.07) is 8.33. The van der Waals surface area contributed by atoms with Crippen LogP contribution in [0.4, 0.5) is 5.13 Å². The molecule has 0 fully saturated rings. The highest BCUT2D eigenvalue weighted by Crippen LogP contribution is 2.25. The first kappa shape index (κ1) is 15.2. The maximum Gasteiger partial charge on any atom is 0.250 e. The van der Waals surface area contributed by atoms with Crippen LogP contribution in [-0.2, 0) is 11.2 Å². The molecular weight excluding hydrogens is 280 g/mol. The summed E-state index contributed by atoms with van der Waals surface area (Å²) < 4.78 is 0. The molecule has 1 heterocycles. The molecule has 1 amide bonds. The van der Waals surface area contributed by atoms with Gasteiger partial charge in [-0.1, -0.05) is 49.4 Å². The van der Waals surface area contributed by atoms with Crippen molar-refractivity contribution in [3.05, 3.63) is 59.5 Å². The Bertz CT molecular complexity index is 654. The summed E-state index contributed by atoms with van der Waals surface area (Å²) in [7, 11) is 0. The van der Waals surface area contributed by atoms with E-state index in [4.69, 9.17) is 0 Å². The Hall–Kier alpha value is -2.20. The Labute approximate surface area is 129 Å². The van der Waals surface area contributed by atoms with Gasteiger partial charge in [0.25, 0.3) is 0 Å². The third-order valence-electron chi connectivity index (χ3n) is 2.94. The molecule has 2 aromatic rings. The molecule has 0 aliphatic heterocycles. The SMILES string of the molecule is C/C=C/C=C/C(=O)Nc1nc(-c2ccc(CC)cc2)cs1. The van der Waals surface area contributed by atoms with E-state index in [0.717, 1.165) is 17.7 Å². The van der Waals surface area contributed by atoms with Crippen LogP contribution < -0.4 is 5.32 Å². The van der Waals surface area contributed by atoms with Crippen molar-refractivity contribution in [1.29, 1.82) is 0 Å². The third kappa shape index (κ3) is 4.39. The van der Waals surface area contributed by atoms with Gasteiger partial charge in [0.2, 0.25) is 5.91 Å². The van der Waals surface area contributed by atoms with E-state index < -0.39 is 0 Å². The Morgan fingerprint density at radius 3 is 2.71 bits per heavy atom. The van der Waals surface area contributed by atoms with Gasteiger partial charge in [0.15, 0.2) is 5.13 Å². The van der Waals surface area contributed by atoms with Crippen LogP contribution in [0.5, 0.6) is 0 Å². The lowest BCUT2D eigenvalue weighted by molar-refractivity contribution is -0.111. The van der Waals surface area contributed by atoms with Gasteiger partial charge < -0.3 is 0 Å². The second-order valence-electron chi connectivity index (χ2n) is 4.46. The number of anilines is 1. The van der Waals surface area contributed by atoms with Gasteiger partial charge >= 0.3 is 0 Å². The molecule has 0 aliphatic rings. The number of hydrogen-bond acceptors (Lipinski definition) is 3. The molecule has 3 nitrogen and oxygen atoms in total. The number of nitrogens with one attached hydrogen (secondary N) is 1. The van der Waals surface area contributed by atoms with Crippen molar-refractivity contribution in [2.75, 3.05) is 5.32 Å². The molecular formula is C17H18N2OS. The van der Waals surface area contributed by atoms with Crippen LogP contribution >= 0.6 is 11.3 Å². The van der Waals surface area contributed by atoms with Crippen LogP contribution in [-0.4, -0.2) is 10.9 Å². The van der Waals surface area contributed by atoms with Crippen molar-refractivity contribution in [1.82, 2.24) is 4.98 Å². The number of aromatic nitrogens is 1. The molecule has 0 saturated carbocycles. The van der Waals surface area contributed by atoms with E-state index in [1.165, 1.54) is 23.0 Å². The normalized spacial score (nSPS) is 11.3. The molecule has 0 saturated heterocycles. The number of nitrogens with zero attached hydrogens (tertiary/aromatic N) is 1. The molecule has 21 heavy (non-hydrogen) atoms. The first-order valence-corrected chi connectivity index (χ1v) is 7.76. The summed E-state index contributed by atoms with van der Waals surface area (Å²) in [4.78, 5) is 16.1. The van der Waals surface area contributed by atoms with Gasteiger partial charge in [0.1, 0.15) is 0 Å². The molecule has 2 rings (SSSR count). The topological polar surface area (TPSA) is 42.0 Å². The van der Waals surface area contributed by atoms with E-state index in [1.807, 2.05) is 24.5 Å². The second kappa shape index (κ2) is 7.55. The Kier molecular flexibility index (Phi) is 5.46. The Morgan fingerprint density at radius 1 is 1.29 bits per heavy atom. The lowest BCUT2D eigenvalue weighted by Gasteiger charge is -1.99. The summed E-state index contributed by atoms with van der Waals surface area (Å²) in [5.74, 6) is -0.171. The van der Waals surface area contributed by atoms with Crippen LogP contribution in [0, 0.1) is 0 Å². The van der Waals surface area contributed by atoms with Gasteiger partial charge in [-0.25, -0.2) is 4.98 Å². The van der Waals surface area contributed by atoms with E-state index in [2.05, 4.69) is 41.5 Å². The monoisotopic (exact) mass is 298 g/mol. The molecule has 0 spiro atoms. The van der Waals surface area contributed by atoms with Crippen molar-refractivity contribution < 1.29 is 4.79 Å². The van der Waals surface area contributed by atoms with Crippen LogP contribution in [0.3, 0.4) is 0 Å². The van der Waals surface area contributed by atoms with E-state index in [-0.39, 0.29) is 5.91 Å². The highest BCUT2D eigenvalue weighted by atomic mass is 32.1. The Morgan fingerprint density at radius 2 is 2.05 bits per heavy atom. The standard InChI is InChI=1S/C17H18N2OS/c1-3-5-6-7-16(20)19-17-18-15(12-21-17)14-10-8-13(4-2)9-11-14/h3,5-12H,4H2,1-2H3,(H,18,19,20)/b5-3+,7-6+. The fourth-order valence-electron chi connectivity index (χ4n) is 1.78. The van der Waals surface area contributed by atoms with E-state index in [0.29, 0.717) is 5.13 Å². The van der Waals surface area contributed by atoms with Gasteiger partial charge in [0, 0.05) is 17.0 Å². The minimum atomic E-state index is -0.171. The zero-order valence-corrected chi connectivity index (χ0v) is 13.0. The highest BCUT2D eigenvalue weighted by Gasteiger charge is 2.06. The molecule has 0 atom stereocenters. The summed E-state index contributed by atoms with van der Waals surface area (Å²) in [5, 5.41) is 5.32.